The van der Waals surface area contributed by atoms with Crippen molar-refractivity contribution in [2.45, 2.75) is 13.8 Å². The molecule has 0 amide bonds. The van der Waals surface area contributed by atoms with Crippen molar-refractivity contribution in [1.82, 2.24) is 4.90 Å². The molecule has 0 radical (unpaired) electrons. The van der Waals surface area contributed by atoms with Crippen LogP contribution in [0.4, 0.5) is 5.69 Å². The summed E-state index contributed by atoms with van der Waals surface area (Å²) in [7, 11) is 3.75. The van der Waals surface area contributed by atoms with Crippen molar-refractivity contribution in [3.05, 3.63) is 29.3 Å². The van der Waals surface area contributed by atoms with Gasteiger partial charge in [0.25, 0.3) is 0 Å². The number of ether oxygens (including phenoxy) is 1. The predicted molar refractivity (Wildman–Crippen MR) is 85.4 cm³/mol. The Morgan fingerprint density at radius 2 is 1.90 bits per heavy atom. The second kappa shape index (κ2) is 8.55. The van der Waals surface area contributed by atoms with Gasteiger partial charge >= 0.3 is 0 Å². The van der Waals surface area contributed by atoms with Crippen LogP contribution < -0.4 is 11.1 Å². The van der Waals surface area contributed by atoms with Crippen LogP contribution in [-0.4, -0.2) is 51.3 Å². The zero-order chi connectivity index (χ0) is 15.0. The Bertz CT molecular complexity index is 425. The highest BCUT2D eigenvalue weighted by Crippen LogP contribution is 2.13. The number of hydrogen-bond acceptors (Lipinski definition) is 3. The number of anilines is 1. The van der Waals surface area contributed by atoms with Crippen LogP contribution in [0.1, 0.15) is 11.1 Å². The Balaban J connectivity index is 2.41. The average Bonchev–Trinajstić information content (AvgIpc) is 2.35. The molecule has 0 aliphatic heterocycles. The first kappa shape index (κ1) is 16.5. The number of guanidine groups is 1. The molecule has 112 valence electrons. The molecule has 1 rings (SSSR count). The lowest BCUT2D eigenvalue weighted by Gasteiger charge is -2.14. The highest BCUT2D eigenvalue weighted by molar-refractivity contribution is 5.92. The van der Waals surface area contributed by atoms with Gasteiger partial charge in [-0.05, 0) is 44.2 Å². The molecule has 0 bridgehead atoms. The number of nitrogens with one attached hydrogen (secondary N) is 1. The number of aliphatic imine (C=N–C) groups is 1. The maximum atomic E-state index is 5.89. The van der Waals surface area contributed by atoms with E-state index in [4.69, 9.17) is 10.5 Å². The minimum atomic E-state index is 0.454. The SMILES string of the molecule is COCCN(C)CCN=C(N)Nc1cc(C)cc(C)c1. The van der Waals surface area contributed by atoms with Crippen LogP contribution in [0.15, 0.2) is 23.2 Å². The van der Waals surface area contributed by atoms with E-state index in [1.165, 1.54) is 11.1 Å². The molecule has 0 saturated carbocycles. The van der Waals surface area contributed by atoms with Gasteiger partial charge < -0.3 is 20.7 Å². The van der Waals surface area contributed by atoms with E-state index in [-0.39, 0.29) is 0 Å². The maximum absolute atomic E-state index is 5.89. The number of rotatable bonds is 7. The first-order valence-electron chi connectivity index (χ1n) is 6.84. The maximum Gasteiger partial charge on any atom is 0.193 e. The summed E-state index contributed by atoms with van der Waals surface area (Å²) < 4.78 is 5.03. The Hall–Kier alpha value is -1.59. The van der Waals surface area contributed by atoms with Crippen LogP contribution in [0.5, 0.6) is 0 Å². The molecule has 0 heterocycles. The molecular weight excluding hydrogens is 252 g/mol. The Labute approximate surface area is 121 Å². The molecule has 0 aromatic heterocycles. The first-order chi connectivity index (χ1) is 9.51. The lowest BCUT2D eigenvalue weighted by Crippen LogP contribution is -2.28. The highest BCUT2D eigenvalue weighted by Gasteiger charge is 1.99. The minimum absolute atomic E-state index is 0.454. The second-order valence-electron chi connectivity index (χ2n) is 5.06. The van der Waals surface area contributed by atoms with Crippen LogP contribution in [0.25, 0.3) is 0 Å². The zero-order valence-electron chi connectivity index (χ0n) is 12.9. The van der Waals surface area contributed by atoms with Gasteiger partial charge in [0, 0.05) is 25.9 Å². The van der Waals surface area contributed by atoms with Crippen molar-refractivity contribution >= 4 is 11.6 Å². The van der Waals surface area contributed by atoms with Gasteiger partial charge in [-0.15, -0.1) is 0 Å². The molecule has 1 aromatic carbocycles. The quantitative estimate of drug-likeness (QED) is 0.587. The van der Waals surface area contributed by atoms with E-state index in [1.807, 2.05) is 7.05 Å². The molecular formula is C15H26N4O. The summed E-state index contributed by atoms with van der Waals surface area (Å²) in [5.74, 6) is 0.454. The summed E-state index contributed by atoms with van der Waals surface area (Å²) in [6.07, 6.45) is 0. The molecule has 1 aromatic rings. The van der Waals surface area contributed by atoms with Crippen molar-refractivity contribution in [2.24, 2.45) is 10.7 Å². The topological polar surface area (TPSA) is 62.9 Å². The van der Waals surface area contributed by atoms with Gasteiger partial charge in [-0.25, -0.2) is 0 Å². The number of benzene rings is 1. The van der Waals surface area contributed by atoms with Crippen LogP contribution in [0.3, 0.4) is 0 Å². The van der Waals surface area contributed by atoms with Crippen LogP contribution >= 0.6 is 0 Å². The van der Waals surface area contributed by atoms with Gasteiger partial charge in [0.05, 0.1) is 13.2 Å². The first-order valence-corrected chi connectivity index (χ1v) is 6.84. The molecule has 0 spiro atoms. The number of nitrogens with zero attached hydrogens (tertiary/aromatic N) is 2. The molecule has 0 unspecified atom stereocenters. The van der Waals surface area contributed by atoms with Crippen molar-refractivity contribution in [1.29, 1.82) is 0 Å². The molecule has 0 aliphatic carbocycles. The molecule has 3 N–H and O–H groups in total. The Kier molecular flexibility index (Phi) is 7.04. The summed E-state index contributed by atoms with van der Waals surface area (Å²) in [4.78, 5) is 6.49. The van der Waals surface area contributed by atoms with Gasteiger partial charge in [-0.3, -0.25) is 4.99 Å². The van der Waals surface area contributed by atoms with E-state index < -0.39 is 0 Å². The van der Waals surface area contributed by atoms with Crippen LogP contribution in [-0.2, 0) is 4.74 Å². The summed E-state index contributed by atoms with van der Waals surface area (Å²) in [6, 6.07) is 6.24. The Morgan fingerprint density at radius 1 is 1.25 bits per heavy atom. The fourth-order valence-electron chi connectivity index (χ4n) is 1.93. The van der Waals surface area contributed by atoms with Crippen molar-refractivity contribution in [3.8, 4) is 0 Å². The lowest BCUT2D eigenvalue weighted by atomic mass is 10.1. The van der Waals surface area contributed by atoms with E-state index in [9.17, 15) is 0 Å². The third-order valence-electron chi connectivity index (χ3n) is 2.94. The monoisotopic (exact) mass is 278 g/mol. The Morgan fingerprint density at radius 3 is 2.50 bits per heavy atom. The summed E-state index contributed by atoms with van der Waals surface area (Å²) >= 11 is 0. The van der Waals surface area contributed by atoms with Crippen molar-refractivity contribution < 1.29 is 4.74 Å². The highest BCUT2D eigenvalue weighted by atomic mass is 16.5. The average molecular weight is 278 g/mol. The third-order valence-corrected chi connectivity index (χ3v) is 2.94. The van der Waals surface area contributed by atoms with Gasteiger partial charge in [0.15, 0.2) is 5.96 Å². The van der Waals surface area contributed by atoms with E-state index in [0.29, 0.717) is 12.5 Å². The fraction of sp³-hybridized carbons (Fsp3) is 0.533. The lowest BCUT2D eigenvalue weighted by molar-refractivity contribution is 0.163. The molecule has 0 atom stereocenters. The van der Waals surface area contributed by atoms with Crippen molar-refractivity contribution in [3.63, 3.8) is 0 Å². The molecule has 5 nitrogen and oxygen atoms in total. The summed E-state index contributed by atoms with van der Waals surface area (Å²) in [6.45, 7) is 7.29. The number of hydrogen-bond donors (Lipinski definition) is 2. The molecule has 0 aliphatic rings. The van der Waals surface area contributed by atoms with Gasteiger partial charge in [-0.1, -0.05) is 6.07 Å². The van der Waals surface area contributed by atoms with E-state index in [1.54, 1.807) is 7.11 Å². The molecule has 20 heavy (non-hydrogen) atoms. The second-order valence-corrected chi connectivity index (χ2v) is 5.06. The summed E-state index contributed by atoms with van der Waals surface area (Å²) in [5, 5.41) is 3.13. The standard InChI is InChI=1S/C15H26N4O/c1-12-9-13(2)11-14(10-12)18-15(16)17-5-6-19(3)7-8-20-4/h9-11H,5-8H2,1-4H3,(H3,16,17,18). The summed E-state index contributed by atoms with van der Waals surface area (Å²) in [5.41, 5.74) is 9.29. The van der Waals surface area contributed by atoms with Gasteiger partial charge in [-0.2, -0.15) is 0 Å². The number of likely N-dealkylation sites (N-methyl/N-ethyl adjacent to an activating group) is 1. The predicted octanol–water partition coefficient (Wildman–Crippen LogP) is 1.61. The molecule has 5 heteroatoms. The van der Waals surface area contributed by atoms with E-state index in [0.717, 1.165) is 25.4 Å². The molecule has 0 fully saturated rings. The normalized spacial score (nSPS) is 11.9. The van der Waals surface area contributed by atoms with Crippen LogP contribution in [0.2, 0.25) is 0 Å². The van der Waals surface area contributed by atoms with Crippen LogP contribution in [0, 0.1) is 13.8 Å². The van der Waals surface area contributed by atoms with Gasteiger partial charge in [0.2, 0.25) is 0 Å². The largest absolute Gasteiger partial charge is 0.383 e. The number of aryl methyl sites for hydroxylation is 2. The smallest absolute Gasteiger partial charge is 0.193 e. The fourth-order valence-corrected chi connectivity index (χ4v) is 1.93. The van der Waals surface area contributed by atoms with E-state index in [2.05, 4.69) is 47.3 Å². The molecule has 0 saturated heterocycles. The van der Waals surface area contributed by atoms with Gasteiger partial charge in [0.1, 0.15) is 0 Å². The third kappa shape index (κ3) is 6.54. The number of methoxy groups -OCH3 is 1. The number of nitrogens with two attached hydrogens (primary N) is 1. The minimum Gasteiger partial charge on any atom is -0.383 e. The van der Waals surface area contributed by atoms with E-state index >= 15 is 0 Å². The zero-order valence-corrected chi connectivity index (χ0v) is 12.9. The van der Waals surface area contributed by atoms with Crippen molar-refractivity contribution in [2.75, 3.05) is 45.7 Å².